The highest BCUT2D eigenvalue weighted by molar-refractivity contribution is 5.92. The van der Waals surface area contributed by atoms with Crippen molar-refractivity contribution in [1.82, 2.24) is 0 Å². The van der Waals surface area contributed by atoms with Gasteiger partial charge in [0.1, 0.15) is 5.75 Å². The summed E-state index contributed by atoms with van der Waals surface area (Å²) in [5.74, 6) is 0.508. The van der Waals surface area contributed by atoms with E-state index in [1.54, 1.807) is 24.3 Å². The van der Waals surface area contributed by atoms with E-state index in [9.17, 15) is 4.79 Å². The maximum absolute atomic E-state index is 11.8. The molecule has 20 heavy (non-hydrogen) atoms. The average molecular weight is 270 g/mol. The van der Waals surface area contributed by atoms with Crippen molar-refractivity contribution in [3.05, 3.63) is 54.1 Å². The summed E-state index contributed by atoms with van der Waals surface area (Å²) in [5, 5.41) is 2.75. The normalized spacial score (nSPS) is 10.1. The predicted molar refractivity (Wildman–Crippen MR) is 80.8 cm³/mol. The Morgan fingerprint density at radius 2 is 1.95 bits per heavy atom. The number of benzene rings is 2. The highest BCUT2D eigenvalue weighted by Crippen LogP contribution is 2.14. The van der Waals surface area contributed by atoms with Crippen molar-refractivity contribution in [2.24, 2.45) is 0 Å². The van der Waals surface area contributed by atoms with Crippen molar-refractivity contribution >= 4 is 17.3 Å². The molecule has 0 atom stereocenters. The molecule has 2 aromatic carbocycles. The zero-order valence-corrected chi connectivity index (χ0v) is 11.4. The number of aryl methyl sites for hydroxylation is 1. The largest absolute Gasteiger partial charge is 0.484 e. The molecule has 0 spiro atoms. The third-order valence-corrected chi connectivity index (χ3v) is 2.87. The van der Waals surface area contributed by atoms with Gasteiger partial charge >= 0.3 is 0 Å². The number of hydrogen-bond donors (Lipinski definition) is 2. The van der Waals surface area contributed by atoms with E-state index < -0.39 is 0 Å². The van der Waals surface area contributed by atoms with Gasteiger partial charge in [0.15, 0.2) is 6.61 Å². The van der Waals surface area contributed by atoms with Gasteiger partial charge in [-0.25, -0.2) is 0 Å². The number of nitrogen functional groups attached to an aromatic ring is 1. The number of hydrogen-bond acceptors (Lipinski definition) is 3. The van der Waals surface area contributed by atoms with Gasteiger partial charge < -0.3 is 15.8 Å². The molecule has 0 radical (unpaired) electrons. The summed E-state index contributed by atoms with van der Waals surface area (Å²) in [6, 6.07) is 14.7. The molecule has 2 rings (SSSR count). The summed E-state index contributed by atoms with van der Waals surface area (Å²) >= 11 is 0. The monoisotopic (exact) mass is 270 g/mol. The van der Waals surface area contributed by atoms with Crippen molar-refractivity contribution in [1.29, 1.82) is 0 Å². The Hall–Kier alpha value is -2.49. The highest BCUT2D eigenvalue weighted by atomic mass is 16.5. The molecule has 0 bridgehead atoms. The van der Waals surface area contributed by atoms with E-state index in [1.165, 1.54) is 5.56 Å². The van der Waals surface area contributed by atoms with Crippen LogP contribution in [0.5, 0.6) is 5.75 Å². The number of anilines is 2. The van der Waals surface area contributed by atoms with Crippen LogP contribution in [0, 0.1) is 0 Å². The fraction of sp³-hybridized carbons (Fsp3) is 0.188. The molecule has 0 aromatic heterocycles. The topological polar surface area (TPSA) is 64.3 Å². The Morgan fingerprint density at radius 1 is 1.20 bits per heavy atom. The number of ether oxygens (including phenoxy) is 1. The molecule has 0 unspecified atom stereocenters. The van der Waals surface area contributed by atoms with E-state index >= 15 is 0 Å². The molecule has 0 aliphatic heterocycles. The molecule has 0 aliphatic rings. The van der Waals surface area contributed by atoms with Gasteiger partial charge in [-0.05, 0) is 48.4 Å². The molecule has 3 N–H and O–H groups in total. The van der Waals surface area contributed by atoms with Crippen LogP contribution >= 0.6 is 0 Å². The first kappa shape index (κ1) is 13.9. The van der Waals surface area contributed by atoms with Gasteiger partial charge in [-0.3, -0.25) is 4.79 Å². The molecule has 0 fully saturated rings. The summed E-state index contributed by atoms with van der Waals surface area (Å²) in [4.78, 5) is 11.8. The van der Waals surface area contributed by atoms with Crippen molar-refractivity contribution < 1.29 is 9.53 Å². The number of carbonyl (C=O) groups is 1. The Labute approximate surface area is 118 Å². The lowest BCUT2D eigenvalue weighted by Gasteiger charge is -2.08. The van der Waals surface area contributed by atoms with Gasteiger partial charge in [0.25, 0.3) is 5.91 Å². The number of carbonyl (C=O) groups excluding carboxylic acids is 1. The van der Waals surface area contributed by atoms with Gasteiger partial charge in [0, 0.05) is 11.4 Å². The first-order valence-electron chi connectivity index (χ1n) is 6.54. The lowest BCUT2D eigenvalue weighted by atomic mass is 10.2. The Morgan fingerprint density at radius 3 is 2.65 bits per heavy atom. The van der Waals surface area contributed by atoms with E-state index in [1.807, 2.05) is 24.3 Å². The summed E-state index contributed by atoms with van der Waals surface area (Å²) in [5.41, 5.74) is 8.13. The molecular weight excluding hydrogens is 252 g/mol. The second-order valence-electron chi connectivity index (χ2n) is 4.46. The van der Waals surface area contributed by atoms with Crippen LogP contribution in [-0.2, 0) is 11.2 Å². The number of rotatable bonds is 5. The van der Waals surface area contributed by atoms with E-state index in [0.29, 0.717) is 17.1 Å². The van der Waals surface area contributed by atoms with Crippen molar-refractivity contribution in [2.45, 2.75) is 13.3 Å². The fourth-order valence-corrected chi connectivity index (χ4v) is 1.77. The number of amides is 1. The lowest BCUT2D eigenvalue weighted by molar-refractivity contribution is -0.118. The third-order valence-electron chi connectivity index (χ3n) is 2.87. The maximum Gasteiger partial charge on any atom is 0.262 e. The summed E-state index contributed by atoms with van der Waals surface area (Å²) < 4.78 is 5.47. The number of nitrogens with two attached hydrogens (primary N) is 1. The molecule has 0 saturated heterocycles. The van der Waals surface area contributed by atoms with Crippen LogP contribution in [0.15, 0.2) is 48.5 Å². The third kappa shape index (κ3) is 4.02. The lowest BCUT2D eigenvalue weighted by Crippen LogP contribution is -2.20. The Kier molecular flexibility index (Phi) is 4.60. The van der Waals surface area contributed by atoms with Gasteiger partial charge in [-0.2, -0.15) is 0 Å². The van der Waals surface area contributed by atoms with Crippen molar-refractivity contribution in [3.63, 3.8) is 0 Å². The van der Waals surface area contributed by atoms with Crippen molar-refractivity contribution in [2.75, 3.05) is 17.7 Å². The summed E-state index contributed by atoms with van der Waals surface area (Å²) in [7, 11) is 0. The molecule has 0 saturated carbocycles. The quantitative estimate of drug-likeness (QED) is 0.821. The van der Waals surface area contributed by atoms with Gasteiger partial charge in [0.05, 0.1) is 0 Å². The average Bonchev–Trinajstić information content (AvgIpc) is 2.48. The molecule has 4 nitrogen and oxygen atoms in total. The van der Waals surface area contributed by atoms with Crippen LogP contribution in [0.3, 0.4) is 0 Å². The second kappa shape index (κ2) is 6.61. The molecule has 0 aliphatic carbocycles. The van der Waals surface area contributed by atoms with Gasteiger partial charge in [-0.1, -0.05) is 19.1 Å². The molecule has 0 heterocycles. The van der Waals surface area contributed by atoms with Crippen LogP contribution in [0.2, 0.25) is 0 Å². The smallest absolute Gasteiger partial charge is 0.262 e. The van der Waals surface area contributed by atoms with Crippen molar-refractivity contribution in [3.8, 4) is 5.75 Å². The number of nitrogens with one attached hydrogen (secondary N) is 1. The standard InChI is InChI=1S/C16H18N2O2/c1-2-12-4-3-5-15(10-12)20-11-16(19)18-14-8-6-13(17)7-9-14/h3-10H,2,11,17H2,1H3,(H,18,19). The summed E-state index contributed by atoms with van der Waals surface area (Å²) in [6.45, 7) is 2.06. The summed E-state index contributed by atoms with van der Waals surface area (Å²) in [6.07, 6.45) is 0.939. The predicted octanol–water partition coefficient (Wildman–Crippen LogP) is 2.85. The van der Waals surface area contributed by atoms with E-state index in [2.05, 4.69) is 12.2 Å². The maximum atomic E-state index is 11.8. The zero-order valence-electron chi connectivity index (χ0n) is 11.4. The van der Waals surface area contributed by atoms with Gasteiger partial charge in [0.2, 0.25) is 0 Å². The SMILES string of the molecule is CCc1cccc(OCC(=O)Nc2ccc(N)cc2)c1. The molecule has 1 amide bonds. The van der Waals surface area contributed by atoms with E-state index in [0.717, 1.165) is 6.42 Å². The second-order valence-corrected chi connectivity index (χ2v) is 4.46. The minimum absolute atomic E-state index is 0.0163. The highest BCUT2D eigenvalue weighted by Gasteiger charge is 2.04. The first-order chi connectivity index (χ1) is 9.67. The van der Waals surface area contributed by atoms with Gasteiger partial charge in [-0.15, -0.1) is 0 Å². The van der Waals surface area contributed by atoms with Crippen LogP contribution < -0.4 is 15.8 Å². The van der Waals surface area contributed by atoms with Crippen LogP contribution in [0.25, 0.3) is 0 Å². The molecule has 2 aromatic rings. The minimum atomic E-state index is -0.198. The van der Waals surface area contributed by atoms with Crippen LogP contribution in [-0.4, -0.2) is 12.5 Å². The minimum Gasteiger partial charge on any atom is -0.484 e. The molecular formula is C16H18N2O2. The molecule has 104 valence electrons. The first-order valence-corrected chi connectivity index (χ1v) is 6.54. The van der Waals surface area contributed by atoms with E-state index in [4.69, 9.17) is 10.5 Å². The van der Waals surface area contributed by atoms with Crippen LogP contribution in [0.1, 0.15) is 12.5 Å². The van der Waals surface area contributed by atoms with E-state index in [-0.39, 0.29) is 12.5 Å². The Balaban J connectivity index is 1.87. The fourth-order valence-electron chi connectivity index (χ4n) is 1.77. The molecule has 4 heteroatoms. The van der Waals surface area contributed by atoms with Crippen LogP contribution in [0.4, 0.5) is 11.4 Å². The zero-order chi connectivity index (χ0) is 14.4. The Bertz CT molecular complexity index is 579.